The molecule has 0 aliphatic rings. The summed E-state index contributed by atoms with van der Waals surface area (Å²) in [6, 6.07) is 11.5. The van der Waals surface area contributed by atoms with E-state index in [9.17, 15) is 13.2 Å². The quantitative estimate of drug-likeness (QED) is 0.722. The molecule has 0 radical (unpaired) electrons. The van der Waals surface area contributed by atoms with Crippen molar-refractivity contribution in [3.8, 4) is 0 Å². The average Bonchev–Trinajstić information content (AvgIpc) is 2.36. The van der Waals surface area contributed by atoms with Gasteiger partial charge in [0.15, 0.2) is 0 Å². The minimum absolute atomic E-state index is 0.171. The molecule has 2 aromatic carbocycles. The molecule has 0 aromatic heterocycles. The molecule has 108 valence electrons. The first-order valence-corrected chi connectivity index (χ1v) is 6.59. The molecule has 0 aliphatic heterocycles. The highest BCUT2D eigenvalue weighted by atomic mass is 35.5. The smallest absolute Gasteiger partial charge is 0.370 e. The second-order valence-electron chi connectivity index (χ2n) is 4.62. The first-order chi connectivity index (χ1) is 9.38. The van der Waals surface area contributed by atoms with Crippen molar-refractivity contribution >= 4 is 22.4 Å². The summed E-state index contributed by atoms with van der Waals surface area (Å²) in [5.41, 5.74) is 1.77. The van der Waals surface area contributed by atoms with Crippen LogP contribution in [0.3, 0.4) is 0 Å². The Hall–Kier alpha value is -1.26. The first-order valence-electron chi connectivity index (χ1n) is 6.15. The number of rotatable bonds is 4. The van der Waals surface area contributed by atoms with Crippen LogP contribution in [-0.2, 0) is 4.74 Å². The van der Waals surface area contributed by atoms with Crippen molar-refractivity contribution in [3.05, 3.63) is 47.5 Å². The van der Waals surface area contributed by atoms with E-state index in [4.69, 9.17) is 11.6 Å². The SMILES string of the molecule is Cc1ccc2ccccc2c1C(Cl)COCC(F)(F)F. The molecule has 2 rings (SSSR count). The molecular weight excluding hydrogens is 289 g/mol. The lowest BCUT2D eigenvalue weighted by molar-refractivity contribution is -0.173. The molecule has 20 heavy (non-hydrogen) atoms. The summed E-state index contributed by atoms with van der Waals surface area (Å²) in [5.74, 6) is 0. The van der Waals surface area contributed by atoms with E-state index in [1.54, 1.807) is 0 Å². The third-order valence-electron chi connectivity index (χ3n) is 3.03. The number of ether oxygens (including phenoxy) is 1. The van der Waals surface area contributed by atoms with Crippen LogP contribution >= 0.6 is 11.6 Å². The van der Waals surface area contributed by atoms with Crippen molar-refractivity contribution in [2.45, 2.75) is 18.5 Å². The second-order valence-corrected chi connectivity index (χ2v) is 5.14. The van der Waals surface area contributed by atoms with Crippen LogP contribution in [0.1, 0.15) is 16.5 Å². The average molecular weight is 303 g/mol. The van der Waals surface area contributed by atoms with Gasteiger partial charge < -0.3 is 4.74 Å². The van der Waals surface area contributed by atoms with E-state index in [0.717, 1.165) is 21.9 Å². The zero-order chi connectivity index (χ0) is 14.8. The molecule has 2 aromatic rings. The van der Waals surface area contributed by atoms with Crippen LogP contribution in [0, 0.1) is 6.92 Å². The predicted molar refractivity (Wildman–Crippen MR) is 74.2 cm³/mol. The molecule has 0 bridgehead atoms. The van der Waals surface area contributed by atoms with Crippen molar-refractivity contribution in [2.24, 2.45) is 0 Å². The Bertz CT molecular complexity index is 595. The van der Waals surface area contributed by atoms with Gasteiger partial charge >= 0.3 is 6.18 Å². The number of fused-ring (bicyclic) bond motifs is 1. The van der Waals surface area contributed by atoms with Crippen molar-refractivity contribution in [2.75, 3.05) is 13.2 Å². The zero-order valence-electron chi connectivity index (χ0n) is 10.9. The molecule has 0 aliphatic carbocycles. The van der Waals surface area contributed by atoms with Gasteiger partial charge in [-0.2, -0.15) is 13.2 Å². The standard InChI is InChI=1S/C15H14ClF3O/c1-10-6-7-11-4-2-3-5-12(11)14(10)13(16)8-20-9-15(17,18)19/h2-7,13H,8-9H2,1H3. The molecule has 1 unspecified atom stereocenters. The Balaban J connectivity index is 2.21. The summed E-state index contributed by atoms with van der Waals surface area (Å²) in [5, 5.41) is 1.35. The molecule has 0 spiro atoms. The lowest BCUT2D eigenvalue weighted by Crippen LogP contribution is -2.18. The Labute approximate surface area is 120 Å². The maximum absolute atomic E-state index is 12.1. The van der Waals surface area contributed by atoms with Gasteiger partial charge in [-0.15, -0.1) is 11.6 Å². The van der Waals surface area contributed by atoms with Crippen LogP contribution in [0.15, 0.2) is 36.4 Å². The third kappa shape index (κ3) is 3.64. The predicted octanol–water partition coefficient (Wildman–Crippen LogP) is 5.01. The summed E-state index contributed by atoms with van der Waals surface area (Å²) >= 11 is 6.23. The summed E-state index contributed by atoms with van der Waals surface area (Å²) in [4.78, 5) is 0. The molecule has 0 amide bonds. The minimum Gasteiger partial charge on any atom is -0.370 e. The largest absolute Gasteiger partial charge is 0.411 e. The summed E-state index contributed by atoms with van der Waals surface area (Å²) in [7, 11) is 0. The molecule has 0 saturated heterocycles. The summed E-state index contributed by atoms with van der Waals surface area (Å²) < 4.78 is 40.9. The fraction of sp³-hybridized carbons (Fsp3) is 0.333. The number of alkyl halides is 4. The monoisotopic (exact) mass is 302 g/mol. The number of hydrogen-bond donors (Lipinski definition) is 0. The first kappa shape index (κ1) is 15.1. The topological polar surface area (TPSA) is 9.23 Å². The van der Waals surface area contributed by atoms with Gasteiger partial charge in [0.1, 0.15) is 6.61 Å². The van der Waals surface area contributed by atoms with Crippen LogP contribution in [0.4, 0.5) is 13.2 Å². The second kappa shape index (κ2) is 6.02. The van der Waals surface area contributed by atoms with Gasteiger partial charge in [-0.1, -0.05) is 36.4 Å². The fourth-order valence-electron chi connectivity index (χ4n) is 2.18. The van der Waals surface area contributed by atoms with E-state index in [1.165, 1.54) is 0 Å². The van der Waals surface area contributed by atoms with Gasteiger partial charge in [0, 0.05) is 0 Å². The number of hydrogen-bond acceptors (Lipinski definition) is 1. The molecule has 0 saturated carbocycles. The normalized spacial score (nSPS) is 13.7. The number of benzene rings is 2. The molecule has 5 heteroatoms. The minimum atomic E-state index is -4.33. The molecule has 0 fully saturated rings. The van der Waals surface area contributed by atoms with Gasteiger partial charge in [0.2, 0.25) is 0 Å². The Kier molecular flexibility index (Phi) is 4.55. The lowest BCUT2D eigenvalue weighted by Gasteiger charge is -2.16. The van der Waals surface area contributed by atoms with Gasteiger partial charge in [-0.25, -0.2) is 0 Å². The van der Waals surface area contributed by atoms with Crippen molar-refractivity contribution < 1.29 is 17.9 Å². The molecule has 1 atom stereocenters. The number of halogens is 4. The summed E-state index contributed by atoms with van der Waals surface area (Å²) in [6.07, 6.45) is -4.33. The number of aryl methyl sites for hydroxylation is 1. The van der Waals surface area contributed by atoms with Crippen LogP contribution in [0.2, 0.25) is 0 Å². The Morgan fingerprint density at radius 3 is 2.55 bits per heavy atom. The Morgan fingerprint density at radius 1 is 1.15 bits per heavy atom. The Morgan fingerprint density at radius 2 is 1.85 bits per heavy atom. The van der Waals surface area contributed by atoms with E-state index in [2.05, 4.69) is 4.74 Å². The van der Waals surface area contributed by atoms with E-state index >= 15 is 0 Å². The van der Waals surface area contributed by atoms with Crippen LogP contribution in [0.5, 0.6) is 0 Å². The summed E-state index contributed by atoms with van der Waals surface area (Å²) in [6.45, 7) is 0.441. The molecule has 1 nitrogen and oxygen atoms in total. The van der Waals surface area contributed by atoms with E-state index in [1.807, 2.05) is 43.3 Å². The molecule has 0 N–H and O–H groups in total. The molecule has 0 heterocycles. The van der Waals surface area contributed by atoms with Gasteiger partial charge in [-0.3, -0.25) is 0 Å². The van der Waals surface area contributed by atoms with Crippen LogP contribution < -0.4 is 0 Å². The highest BCUT2D eigenvalue weighted by Gasteiger charge is 2.28. The molecular formula is C15H14ClF3O. The maximum Gasteiger partial charge on any atom is 0.411 e. The van der Waals surface area contributed by atoms with E-state index in [-0.39, 0.29) is 6.61 Å². The van der Waals surface area contributed by atoms with Gasteiger partial charge in [0.25, 0.3) is 0 Å². The van der Waals surface area contributed by atoms with Crippen LogP contribution in [0.25, 0.3) is 10.8 Å². The van der Waals surface area contributed by atoms with E-state index in [0.29, 0.717) is 0 Å². The van der Waals surface area contributed by atoms with Crippen molar-refractivity contribution in [1.29, 1.82) is 0 Å². The van der Waals surface area contributed by atoms with Gasteiger partial charge in [0.05, 0.1) is 12.0 Å². The highest BCUT2D eigenvalue weighted by Crippen LogP contribution is 2.32. The highest BCUT2D eigenvalue weighted by molar-refractivity contribution is 6.22. The van der Waals surface area contributed by atoms with Crippen molar-refractivity contribution in [1.82, 2.24) is 0 Å². The fourth-order valence-corrected chi connectivity index (χ4v) is 2.56. The third-order valence-corrected chi connectivity index (χ3v) is 3.38. The van der Waals surface area contributed by atoms with Crippen LogP contribution in [-0.4, -0.2) is 19.4 Å². The van der Waals surface area contributed by atoms with E-state index < -0.39 is 18.2 Å². The van der Waals surface area contributed by atoms with Crippen molar-refractivity contribution in [3.63, 3.8) is 0 Å². The zero-order valence-corrected chi connectivity index (χ0v) is 11.6. The maximum atomic E-state index is 12.1. The van der Waals surface area contributed by atoms with Gasteiger partial charge in [-0.05, 0) is 28.8 Å². The lowest BCUT2D eigenvalue weighted by atomic mass is 9.97.